The van der Waals surface area contributed by atoms with Crippen LogP contribution in [0.15, 0.2) is 18.2 Å². The topological polar surface area (TPSA) is 141 Å². The van der Waals surface area contributed by atoms with Gasteiger partial charge in [0.2, 0.25) is 0 Å². The number of aliphatic carboxylic acids is 1. The Morgan fingerprint density at radius 2 is 2.08 bits per heavy atom. The molecule has 10 nitrogen and oxygen atoms in total. The van der Waals surface area contributed by atoms with E-state index in [2.05, 4.69) is 15.6 Å². The van der Waals surface area contributed by atoms with Crippen LogP contribution in [0, 0.1) is 19.7 Å². The van der Waals surface area contributed by atoms with Crippen LogP contribution in [0.2, 0.25) is 0 Å². The zero-order chi connectivity index (χ0) is 26.9. The number of rotatable bonds is 8. The Labute approximate surface area is 212 Å². The van der Waals surface area contributed by atoms with Crippen molar-refractivity contribution in [2.24, 2.45) is 0 Å². The van der Waals surface area contributed by atoms with Crippen LogP contribution in [0.1, 0.15) is 52.6 Å². The molecule has 4 N–H and O–H groups in total. The molecule has 11 heteroatoms. The molecule has 196 valence electrons. The summed E-state index contributed by atoms with van der Waals surface area (Å²) in [5.74, 6) is -2.84. The molecule has 1 aromatic carbocycles. The van der Waals surface area contributed by atoms with Gasteiger partial charge in [0.1, 0.15) is 11.9 Å². The molecule has 37 heavy (non-hydrogen) atoms. The first-order valence-electron chi connectivity index (χ1n) is 12.1. The molecule has 3 heterocycles. The minimum Gasteiger partial charge on any atom is -0.480 e. The molecular formula is C26H29FN4O6. The first-order chi connectivity index (χ1) is 17.6. The van der Waals surface area contributed by atoms with E-state index in [1.165, 1.54) is 23.1 Å². The van der Waals surface area contributed by atoms with Gasteiger partial charge in [0.05, 0.1) is 17.7 Å². The highest BCUT2D eigenvalue weighted by Gasteiger charge is 2.37. The third kappa shape index (κ3) is 5.12. The Bertz CT molecular complexity index is 1300. The van der Waals surface area contributed by atoms with E-state index >= 15 is 0 Å². The number of carboxylic acids is 1. The lowest BCUT2D eigenvalue weighted by Crippen LogP contribution is -2.50. The van der Waals surface area contributed by atoms with Gasteiger partial charge in [-0.25, -0.2) is 9.18 Å². The molecule has 2 aliphatic heterocycles. The number of aryl methyl sites for hydroxylation is 1. The van der Waals surface area contributed by atoms with Crippen molar-refractivity contribution in [3.63, 3.8) is 0 Å². The molecular weight excluding hydrogens is 483 g/mol. The maximum atomic E-state index is 13.8. The highest BCUT2D eigenvalue weighted by Crippen LogP contribution is 2.34. The van der Waals surface area contributed by atoms with Gasteiger partial charge in [-0.05, 0) is 63.5 Å². The van der Waals surface area contributed by atoms with Crippen molar-refractivity contribution in [3.8, 4) is 0 Å². The fraction of sp³-hybridized carbons (Fsp3) is 0.385. The minimum atomic E-state index is -1.06. The Hall–Kier alpha value is -3.99. The summed E-state index contributed by atoms with van der Waals surface area (Å²) in [6, 6.07) is 3.13. The van der Waals surface area contributed by atoms with Crippen molar-refractivity contribution in [1.82, 2.24) is 15.2 Å². The summed E-state index contributed by atoms with van der Waals surface area (Å²) in [5, 5.41) is 14.8. The monoisotopic (exact) mass is 512 g/mol. The fourth-order valence-corrected chi connectivity index (χ4v) is 4.87. The lowest BCUT2D eigenvalue weighted by molar-refractivity contribution is -0.153. The molecule has 2 atom stereocenters. The average Bonchev–Trinajstić information content (AvgIpc) is 3.53. The van der Waals surface area contributed by atoms with Crippen LogP contribution in [0.3, 0.4) is 0 Å². The predicted molar refractivity (Wildman–Crippen MR) is 133 cm³/mol. The number of halogens is 1. The van der Waals surface area contributed by atoms with Gasteiger partial charge in [-0.1, -0.05) is 0 Å². The summed E-state index contributed by atoms with van der Waals surface area (Å²) >= 11 is 0. The molecule has 1 saturated heterocycles. The highest BCUT2D eigenvalue weighted by molar-refractivity contribution is 6.34. The van der Waals surface area contributed by atoms with Crippen molar-refractivity contribution >= 4 is 41.0 Å². The highest BCUT2D eigenvalue weighted by atomic mass is 19.1. The van der Waals surface area contributed by atoms with Crippen molar-refractivity contribution < 1.29 is 33.4 Å². The summed E-state index contributed by atoms with van der Waals surface area (Å²) in [5.41, 5.74) is 3.19. The van der Waals surface area contributed by atoms with E-state index in [1.54, 1.807) is 26.8 Å². The Morgan fingerprint density at radius 3 is 2.78 bits per heavy atom. The lowest BCUT2D eigenvalue weighted by atomic mass is 10.0. The standard InChI is InChI=1S/C26H29FN4O6/c1-4-37-21(25(34)31-9-5-6-20(31)26(35)36)12-28-24(33)22-13(2)19(29-14(22)3)11-17-16-10-15(27)7-8-18(16)30-23(17)32/h7-8,10-11,20-21,29H,4-6,9,12H2,1-3H3,(H,28,33)(H,30,32)(H,35,36)/b17-11-. The van der Waals surface area contributed by atoms with E-state index in [1.807, 2.05) is 0 Å². The van der Waals surface area contributed by atoms with Crippen LogP contribution in [-0.2, 0) is 19.1 Å². The first kappa shape index (κ1) is 26.1. The number of H-pyrrole nitrogens is 1. The summed E-state index contributed by atoms with van der Waals surface area (Å²) in [4.78, 5) is 54.5. The quantitative estimate of drug-likeness (QED) is 0.401. The molecule has 1 fully saturated rings. The van der Waals surface area contributed by atoms with Crippen molar-refractivity contribution in [1.29, 1.82) is 0 Å². The fourth-order valence-electron chi connectivity index (χ4n) is 4.87. The molecule has 0 aliphatic carbocycles. The van der Waals surface area contributed by atoms with Crippen LogP contribution in [0.25, 0.3) is 11.6 Å². The van der Waals surface area contributed by atoms with Gasteiger partial charge in [-0.2, -0.15) is 0 Å². The number of carbonyl (C=O) groups is 4. The largest absolute Gasteiger partial charge is 0.480 e. The number of anilines is 1. The van der Waals surface area contributed by atoms with Gasteiger partial charge in [-0.15, -0.1) is 0 Å². The molecule has 1 aromatic heterocycles. The predicted octanol–water partition coefficient (Wildman–Crippen LogP) is 2.47. The number of hydrogen-bond acceptors (Lipinski definition) is 5. The molecule has 0 bridgehead atoms. The third-order valence-electron chi connectivity index (χ3n) is 6.67. The van der Waals surface area contributed by atoms with Gasteiger partial charge in [0.25, 0.3) is 17.7 Å². The van der Waals surface area contributed by atoms with Crippen molar-refractivity contribution in [2.45, 2.75) is 45.8 Å². The van der Waals surface area contributed by atoms with Gasteiger partial charge in [-0.3, -0.25) is 14.4 Å². The molecule has 0 spiro atoms. The molecule has 2 aromatic rings. The summed E-state index contributed by atoms with van der Waals surface area (Å²) < 4.78 is 19.3. The zero-order valence-corrected chi connectivity index (χ0v) is 20.8. The maximum Gasteiger partial charge on any atom is 0.326 e. The molecule has 0 radical (unpaired) electrons. The molecule has 2 aliphatic rings. The number of carboxylic acid groups (broad SMARTS) is 1. The average molecular weight is 513 g/mol. The van der Waals surface area contributed by atoms with Crippen molar-refractivity contribution in [3.05, 3.63) is 52.1 Å². The summed E-state index contributed by atoms with van der Waals surface area (Å²) in [6.45, 7) is 5.54. The van der Waals surface area contributed by atoms with E-state index in [4.69, 9.17) is 4.74 Å². The number of amides is 3. The molecule has 0 saturated carbocycles. The second kappa shape index (κ2) is 10.6. The number of aromatic nitrogens is 1. The summed E-state index contributed by atoms with van der Waals surface area (Å²) in [7, 11) is 0. The minimum absolute atomic E-state index is 0.135. The number of benzene rings is 1. The van der Waals surface area contributed by atoms with Gasteiger partial charge in [0.15, 0.2) is 6.10 Å². The van der Waals surface area contributed by atoms with Crippen LogP contribution >= 0.6 is 0 Å². The number of nitrogens with zero attached hydrogens (tertiary/aromatic N) is 1. The van der Waals surface area contributed by atoms with Crippen LogP contribution < -0.4 is 10.6 Å². The second-order valence-electron chi connectivity index (χ2n) is 9.05. The van der Waals surface area contributed by atoms with Crippen LogP contribution in [0.5, 0.6) is 0 Å². The molecule has 2 unspecified atom stereocenters. The lowest BCUT2D eigenvalue weighted by Gasteiger charge is -2.26. The third-order valence-corrected chi connectivity index (χ3v) is 6.67. The summed E-state index contributed by atoms with van der Waals surface area (Å²) in [6.07, 6.45) is 1.51. The molecule has 4 rings (SSSR count). The number of fused-ring (bicyclic) bond motifs is 1. The van der Waals surface area contributed by atoms with Gasteiger partial charge in [0, 0.05) is 35.8 Å². The number of carbonyl (C=O) groups excluding carboxylic acids is 3. The van der Waals surface area contributed by atoms with Crippen LogP contribution in [-0.4, -0.2) is 70.5 Å². The second-order valence-corrected chi connectivity index (χ2v) is 9.05. The Kier molecular flexibility index (Phi) is 7.44. The van der Waals surface area contributed by atoms with Crippen molar-refractivity contribution in [2.75, 3.05) is 25.0 Å². The van der Waals surface area contributed by atoms with Crippen LogP contribution in [0.4, 0.5) is 10.1 Å². The Balaban J connectivity index is 1.52. The number of likely N-dealkylation sites (tertiary alicyclic amines) is 1. The maximum absolute atomic E-state index is 13.8. The normalized spacial score (nSPS) is 18.6. The molecule has 3 amide bonds. The van der Waals surface area contributed by atoms with E-state index < -0.39 is 35.7 Å². The van der Waals surface area contributed by atoms with E-state index in [9.17, 15) is 28.7 Å². The SMILES string of the molecule is CCOC(CNC(=O)c1c(C)[nH]c(/C=C2\C(=O)Nc3ccc(F)cc32)c1C)C(=O)N1CCCC1C(=O)O. The van der Waals surface area contributed by atoms with E-state index in [0.29, 0.717) is 53.2 Å². The smallest absolute Gasteiger partial charge is 0.326 e. The number of aromatic amines is 1. The van der Waals surface area contributed by atoms with Gasteiger partial charge < -0.3 is 30.4 Å². The Morgan fingerprint density at radius 1 is 1.32 bits per heavy atom. The number of hydrogen-bond donors (Lipinski definition) is 4. The first-order valence-corrected chi connectivity index (χ1v) is 12.1. The van der Waals surface area contributed by atoms with E-state index in [-0.39, 0.29) is 24.6 Å². The van der Waals surface area contributed by atoms with Gasteiger partial charge >= 0.3 is 5.97 Å². The van der Waals surface area contributed by atoms with E-state index in [0.717, 1.165) is 0 Å². The number of nitrogens with one attached hydrogen (secondary N) is 3. The number of ether oxygens (including phenoxy) is 1. The zero-order valence-electron chi connectivity index (χ0n) is 20.8.